The number of allylic oxidation sites excluding steroid dienone is 4. The van der Waals surface area contributed by atoms with E-state index in [0.717, 1.165) is 101 Å². The Balaban J connectivity index is 0.000000244. The zero-order valence-corrected chi connectivity index (χ0v) is 38.6. The monoisotopic (exact) mass is 916 g/mol. The van der Waals surface area contributed by atoms with E-state index in [-0.39, 0.29) is 5.84 Å². The van der Waals surface area contributed by atoms with E-state index in [9.17, 15) is 0 Å². The number of fused-ring (bicyclic) bond motifs is 12. The Hall–Kier alpha value is -9.33. The third-order valence-electron chi connectivity index (χ3n) is 13.8. The smallest absolute Gasteiger partial charge is 0.151 e. The first kappa shape index (κ1) is 41.8. The Kier molecular flexibility index (Phi) is 10.2. The minimum atomic E-state index is 0.169. The van der Waals surface area contributed by atoms with Crippen molar-refractivity contribution in [1.29, 1.82) is 5.41 Å². The normalized spacial score (nSPS) is 12.8. The van der Waals surface area contributed by atoms with Crippen molar-refractivity contribution in [1.82, 2.24) is 4.57 Å². The van der Waals surface area contributed by atoms with Crippen LogP contribution in [0.5, 0.6) is 0 Å². The molecule has 0 fully saturated rings. The molecule has 338 valence electrons. The third kappa shape index (κ3) is 7.25. The van der Waals surface area contributed by atoms with Crippen LogP contribution in [0.1, 0.15) is 35.1 Å². The summed E-state index contributed by atoms with van der Waals surface area (Å²) in [4.78, 5) is 8.65. The zero-order valence-electron chi connectivity index (χ0n) is 38.6. The minimum Gasteiger partial charge on any atom is -0.456 e. The second-order valence-corrected chi connectivity index (χ2v) is 18.0. The van der Waals surface area contributed by atoms with E-state index in [1.54, 1.807) is 0 Å². The second-order valence-electron chi connectivity index (χ2n) is 18.0. The molecule has 4 aromatic heterocycles. The molecule has 0 atom stereocenters. The molecule has 1 aliphatic rings. The topological polar surface area (TPSA) is 92.9 Å². The summed E-state index contributed by atoms with van der Waals surface area (Å²) in [5.41, 5.74) is 16.3. The quantitative estimate of drug-likeness (QED) is 0.127. The largest absolute Gasteiger partial charge is 0.456 e. The molecule has 0 saturated carbocycles. The molecule has 14 rings (SSSR count). The summed E-state index contributed by atoms with van der Waals surface area (Å²) in [5.74, 6) is 0.169. The van der Waals surface area contributed by atoms with Crippen LogP contribution in [0.3, 0.4) is 0 Å². The molecule has 1 N–H and O–H groups in total. The molecule has 71 heavy (non-hydrogen) atoms. The van der Waals surface area contributed by atoms with Gasteiger partial charge in [0, 0.05) is 71.7 Å². The molecule has 0 unspecified atom stereocenters. The van der Waals surface area contributed by atoms with Gasteiger partial charge in [-0.25, -0.2) is 4.99 Å². The standard InChI is InChI=1S/C50H34N2O2.C14H10N2O/c1-3-11-32(12-4-1)34-21-24-44-41(27-34)42-28-35(33-13-5-2-6-14-33)22-25-45(42)52(44)38-23-26-47-43(29-38)49-36(15-10-20-48(49)53-47)30-51-31-37-16-9-18-40-39-17-7-8-19-46(39)54-50(37)40;1-16-14(15)10-6-4-8-12-13(10)9-5-2-3-7-11(9)17-12/h1,3-5,7-30H,2,6,31H2;2-8,15H,1H2. The van der Waals surface area contributed by atoms with Crippen LogP contribution in [0.4, 0.5) is 0 Å². The van der Waals surface area contributed by atoms with Crippen LogP contribution in [-0.2, 0) is 6.54 Å². The lowest BCUT2D eigenvalue weighted by atomic mass is 9.97. The Morgan fingerprint density at radius 2 is 1.20 bits per heavy atom. The maximum absolute atomic E-state index is 7.80. The van der Waals surface area contributed by atoms with Crippen LogP contribution in [0.2, 0.25) is 0 Å². The van der Waals surface area contributed by atoms with Gasteiger partial charge < -0.3 is 17.8 Å². The molecule has 9 aromatic carbocycles. The van der Waals surface area contributed by atoms with Crippen LogP contribution in [0.15, 0.2) is 230 Å². The fourth-order valence-corrected chi connectivity index (χ4v) is 10.4. The molecule has 4 heterocycles. The average molecular weight is 917 g/mol. The highest BCUT2D eigenvalue weighted by Crippen LogP contribution is 2.40. The minimum absolute atomic E-state index is 0.169. The van der Waals surface area contributed by atoms with Crippen LogP contribution in [-0.4, -0.2) is 23.3 Å². The molecule has 0 saturated heterocycles. The van der Waals surface area contributed by atoms with Crippen molar-refractivity contribution in [2.75, 3.05) is 0 Å². The van der Waals surface area contributed by atoms with E-state index in [4.69, 9.17) is 23.7 Å². The van der Waals surface area contributed by atoms with Crippen molar-refractivity contribution >= 4 is 112 Å². The lowest BCUT2D eigenvalue weighted by Gasteiger charge is -2.10. The molecule has 0 aliphatic heterocycles. The fraction of sp³-hybridized carbons (Fsp3) is 0.0469. The number of amidine groups is 1. The number of nitrogens with zero attached hydrogens (tertiary/aromatic N) is 3. The van der Waals surface area contributed by atoms with E-state index >= 15 is 0 Å². The summed E-state index contributed by atoms with van der Waals surface area (Å²) in [7, 11) is 0. The number of hydrogen-bond acceptors (Lipinski definition) is 5. The molecule has 7 nitrogen and oxygen atoms in total. The van der Waals surface area contributed by atoms with E-state index in [1.165, 1.54) is 44.1 Å². The number of benzene rings is 9. The number of hydrogen-bond donors (Lipinski definition) is 1. The fourth-order valence-electron chi connectivity index (χ4n) is 10.4. The Morgan fingerprint density at radius 3 is 1.99 bits per heavy atom. The van der Waals surface area contributed by atoms with Crippen molar-refractivity contribution in [2.24, 2.45) is 9.98 Å². The third-order valence-corrected chi connectivity index (χ3v) is 13.8. The molecule has 13 aromatic rings. The van der Waals surface area contributed by atoms with E-state index in [1.807, 2.05) is 72.9 Å². The molecule has 0 amide bonds. The maximum Gasteiger partial charge on any atom is 0.151 e. The van der Waals surface area contributed by atoms with E-state index in [2.05, 4.69) is 156 Å². The van der Waals surface area contributed by atoms with Gasteiger partial charge in [0.15, 0.2) is 5.84 Å². The Labute approximate surface area is 408 Å². The van der Waals surface area contributed by atoms with Crippen LogP contribution >= 0.6 is 0 Å². The summed E-state index contributed by atoms with van der Waals surface area (Å²) in [5, 5.41) is 16.6. The summed E-state index contributed by atoms with van der Waals surface area (Å²) in [6.07, 6.45) is 11.1. The number of aliphatic imine (C=N–C) groups is 2. The number of aromatic nitrogens is 1. The summed E-state index contributed by atoms with van der Waals surface area (Å²) < 4.78 is 20.9. The number of nitrogens with one attached hydrogen (secondary N) is 1. The first-order valence-electron chi connectivity index (χ1n) is 23.9. The predicted octanol–water partition coefficient (Wildman–Crippen LogP) is 17.2. The summed E-state index contributed by atoms with van der Waals surface area (Å²) >= 11 is 0. The van der Waals surface area contributed by atoms with Crippen LogP contribution in [0.25, 0.3) is 110 Å². The van der Waals surface area contributed by atoms with Crippen molar-refractivity contribution in [3.63, 3.8) is 0 Å². The Bertz CT molecular complexity index is 4370. The van der Waals surface area contributed by atoms with E-state index < -0.39 is 0 Å². The molecular formula is C64H44N4O3. The highest BCUT2D eigenvalue weighted by molar-refractivity contribution is 6.18. The molecule has 7 heteroatoms. The number of rotatable bonds is 7. The highest BCUT2D eigenvalue weighted by atomic mass is 16.3. The predicted molar refractivity (Wildman–Crippen MR) is 295 cm³/mol. The van der Waals surface area contributed by atoms with Crippen molar-refractivity contribution in [3.8, 4) is 16.8 Å². The van der Waals surface area contributed by atoms with Gasteiger partial charge >= 0.3 is 0 Å². The van der Waals surface area contributed by atoms with Gasteiger partial charge in [-0.15, -0.1) is 0 Å². The molecule has 1 aliphatic carbocycles. The van der Waals surface area contributed by atoms with Gasteiger partial charge in [0.25, 0.3) is 0 Å². The van der Waals surface area contributed by atoms with Gasteiger partial charge in [-0.2, -0.15) is 0 Å². The molecule has 0 radical (unpaired) electrons. The lowest BCUT2D eigenvalue weighted by Crippen LogP contribution is -1.94. The van der Waals surface area contributed by atoms with Crippen molar-refractivity contribution < 1.29 is 13.3 Å². The lowest BCUT2D eigenvalue weighted by molar-refractivity contribution is 0.663. The van der Waals surface area contributed by atoms with Gasteiger partial charge in [0.2, 0.25) is 0 Å². The summed E-state index contributed by atoms with van der Waals surface area (Å²) in [6.45, 7) is 3.91. The summed E-state index contributed by atoms with van der Waals surface area (Å²) in [6, 6.07) is 65.1. The van der Waals surface area contributed by atoms with Crippen molar-refractivity contribution in [2.45, 2.75) is 19.4 Å². The molecule has 0 bridgehead atoms. The zero-order chi connectivity index (χ0) is 47.4. The molecular weight excluding hydrogens is 873 g/mol. The second kappa shape index (κ2) is 17.3. The first-order valence-corrected chi connectivity index (χ1v) is 23.9. The average Bonchev–Trinajstić information content (AvgIpc) is 4.20. The number of para-hydroxylation sites is 3. The highest BCUT2D eigenvalue weighted by Gasteiger charge is 2.19. The van der Waals surface area contributed by atoms with Gasteiger partial charge in [-0.1, -0.05) is 140 Å². The van der Waals surface area contributed by atoms with Gasteiger partial charge in [0.1, 0.15) is 33.5 Å². The van der Waals surface area contributed by atoms with Crippen molar-refractivity contribution in [3.05, 3.63) is 229 Å². The van der Waals surface area contributed by atoms with Gasteiger partial charge in [0.05, 0.1) is 17.6 Å². The SMILES string of the molecule is C1=CC(c2ccc3c(c2)c2cc(-c4ccccc4)ccc2n3-c2ccc3oc4cccc(C=NCc5cccc6c5oc5ccccc56)c4c3c2)=CCC1.C=NC(=N)c1cccc2oc3ccccc3c12. The number of furan rings is 3. The molecule has 0 spiro atoms. The van der Waals surface area contributed by atoms with Crippen LogP contribution < -0.4 is 0 Å². The first-order chi connectivity index (χ1) is 35.1. The van der Waals surface area contributed by atoms with Crippen LogP contribution in [0, 0.1) is 5.41 Å². The van der Waals surface area contributed by atoms with E-state index in [0.29, 0.717) is 6.54 Å². The Morgan fingerprint density at radius 1 is 0.535 bits per heavy atom. The maximum atomic E-state index is 7.80. The van der Waals surface area contributed by atoms with Gasteiger partial charge in [-0.3, -0.25) is 10.4 Å². The van der Waals surface area contributed by atoms with Gasteiger partial charge in [-0.05, 0) is 109 Å².